The molecule has 0 spiro atoms. The van der Waals surface area contributed by atoms with Crippen molar-refractivity contribution in [1.29, 1.82) is 0 Å². The Hall–Kier alpha value is -2.83. The lowest BCUT2D eigenvalue weighted by molar-refractivity contribution is 0.00179. The maximum atomic E-state index is 12.2. The highest BCUT2D eigenvalue weighted by atomic mass is 16.5. The van der Waals surface area contributed by atoms with Crippen LogP contribution in [0.5, 0.6) is 11.5 Å². The molecule has 2 atom stereocenters. The molecule has 0 saturated heterocycles. The fourth-order valence-electron chi connectivity index (χ4n) is 2.35. The number of aromatic hydroxyl groups is 1. The number of hydrogen-bond acceptors (Lipinski definition) is 6. The summed E-state index contributed by atoms with van der Waals surface area (Å²) in [5.74, 6) is 0.326. The predicted octanol–water partition coefficient (Wildman–Crippen LogP) is 2.29. The van der Waals surface area contributed by atoms with Gasteiger partial charge in [-0.3, -0.25) is 4.79 Å². The highest BCUT2D eigenvalue weighted by Crippen LogP contribution is 2.32. The summed E-state index contributed by atoms with van der Waals surface area (Å²) in [4.78, 5) is 12.2. The molecule has 6 nitrogen and oxygen atoms in total. The average Bonchev–Trinajstić information content (AvgIpc) is 2.60. The smallest absolute Gasteiger partial charge is 0.193 e. The van der Waals surface area contributed by atoms with Gasteiger partial charge in [-0.2, -0.15) is 0 Å². The molecule has 2 aromatic carbocycles. The van der Waals surface area contributed by atoms with E-state index in [1.54, 1.807) is 30.3 Å². The van der Waals surface area contributed by atoms with Gasteiger partial charge in [0.2, 0.25) is 0 Å². The van der Waals surface area contributed by atoms with E-state index in [4.69, 9.17) is 9.15 Å². The van der Waals surface area contributed by atoms with Gasteiger partial charge in [0.1, 0.15) is 24.1 Å². The minimum atomic E-state index is -1.06. The molecule has 0 aliphatic carbocycles. The van der Waals surface area contributed by atoms with Crippen LogP contribution >= 0.6 is 0 Å². The first-order valence-corrected chi connectivity index (χ1v) is 7.81. The van der Waals surface area contributed by atoms with Crippen LogP contribution in [0.15, 0.2) is 57.7 Å². The van der Waals surface area contributed by atoms with Crippen LogP contribution in [0.1, 0.15) is 6.92 Å². The highest BCUT2D eigenvalue weighted by molar-refractivity contribution is 5.78. The van der Waals surface area contributed by atoms with Crippen molar-refractivity contribution in [2.75, 3.05) is 6.61 Å². The van der Waals surface area contributed by atoms with Gasteiger partial charge in [0, 0.05) is 11.6 Å². The van der Waals surface area contributed by atoms with Crippen molar-refractivity contribution in [2.24, 2.45) is 0 Å². The van der Waals surface area contributed by atoms with Gasteiger partial charge in [0.05, 0.1) is 11.5 Å². The standard InChI is InChI=1S/C19H18O6/c1-11(20)16(23)10-24-18-7-6-12(8-15(18)22)19-9-14(21)13-4-2-3-5-17(13)25-19/h2-9,11,16,20,22-23H,10H2,1H3. The first-order valence-electron chi connectivity index (χ1n) is 7.81. The molecule has 2 unspecified atom stereocenters. The van der Waals surface area contributed by atoms with Crippen molar-refractivity contribution in [3.8, 4) is 22.8 Å². The summed E-state index contributed by atoms with van der Waals surface area (Å²) in [5, 5.41) is 29.4. The lowest BCUT2D eigenvalue weighted by atomic mass is 10.1. The predicted molar refractivity (Wildman–Crippen MR) is 92.8 cm³/mol. The Kier molecular flexibility index (Phi) is 4.74. The Morgan fingerprint density at radius 1 is 1.12 bits per heavy atom. The molecular weight excluding hydrogens is 324 g/mol. The molecule has 6 heteroatoms. The number of aliphatic hydroxyl groups excluding tert-OH is 2. The van der Waals surface area contributed by atoms with E-state index >= 15 is 0 Å². The number of ether oxygens (including phenoxy) is 1. The molecule has 25 heavy (non-hydrogen) atoms. The average molecular weight is 342 g/mol. The molecule has 3 N–H and O–H groups in total. The second-order valence-electron chi connectivity index (χ2n) is 5.77. The summed E-state index contributed by atoms with van der Waals surface area (Å²) >= 11 is 0. The van der Waals surface area contributed by atoms with Gasteiger partial charge in [-0.1, -0.05) is 12.1 Å². The Balaban J connectivity index is 1.89. The lowest BCUT2D eigenvalue weighted by Gasteiger charge is -2.15. The first-order chi connectivity index (χ1) is 12.0. The van der Waals surface area contributed by atoms with E-state index in [2.05, 4.69) is 0 Å². The minimum absolute atomic E-state index is 0.157. The number of fused-ring (bicyclic) bond motifs is 1. The van der Waals surface area contributed by atoms with Crippen LogP contribution in [0.4, 0.5) is 0 Å². The monoisotopic (exact) mass is 342 g/mol. The highest BCUT2D eigenvalue weighted by Gasteiger charge is 2.14. The maximum Gasteiger partial charge on any atom is 0.193 e. The quantitative estimate of drug-likeness (QED) is 0.658. The van der Waals surface area contributed by atoms with Crippen molar-refractivity contribution in [1.82, 2.24) is 0 Å². The van der Waals surface area contributed by atoms with E-state index < -0.39 is 12.2 Å². The van der Waals surface area contributed by atoms with Gasteiger partial charge in [0.15, 0.2) is 16.9 Å². The van der Waals surface area contributed by atoms with Gasteiger partial charge in [0.25, 0.3) is 0 Å². The number of hydrogen-bond donors (Lipinski definition) is 3. The third kappa shape index (κ3) is 3.65. The summed E-state index contributed by atoms with van der Waals surface area (Å²) < 4.78 is 11.0. The summed E-state index contributed by atoms with van der Waals surface area (Å²) in [6.07, 6.45) is -1.99. The zero-order valence-corrected chi connectivity index (χ0v) is 13.5. The SMILES string of the molecule is CC(O)C(O)COc1ccc(-c2cc(=O)c3ccccc3o2)cc1O. The van der Waals surface area contributed by atoms with Crippen LogP contribution in [0.2, 0.25) is 0 Å². The van der Waals surface area contributed by atoms with Crippen LogP contribution < -0.4 is 10.2 Å². The lowest BCUT2D eigenvalue weighted by Crippen LogP contribution is -2.29. The van der Waals surface area contributed by atoms with Crippen LogP contribution in [0.25, 0.3) is 22.3 Å². The van der Waals surface area contributed by atoms with Gasteiger partial charge in [-0.15, -0.1) is 0 Å². The van der Waals surface area contributed by atoms with Crippen LogP contribution in [-0.2, 0) is 0 Å². The Morgan fingerprint density at radius 2 is 1.88 bits per heavy atom. The van der Waals surface area contributed by atoms with E-state index in [0.717, 1.165) is 0 Å². The molecule has 0 fully saturated rings. The van der Waals surface area contributed by atoms with E-state index in [-0.39, 0.29) is 23.5 Å². The van der Waals surface area contributed by atoms with Gasteiger partial charge >= 0.3 is 0 Å². The molecular formula is C19H18O6. The summed E-state index contributed by atoms with van der Waals surface area (Å²) in [6, 6.07) is 12.9. The number of phenolic OH excluding ortho intramolecular Hbond substituents is 1. The van der Waals surface area contributed by atoms with E-state index in [1.165, 1.54) is 25.1 Å². The fraction of sp³-hybridized carbons (Fsp3) is 0.211. The third-order valence-electron chi connectivity index (χ3n) is 3.84. The van der Waals surface area contributed by atoms with Crippen LogP contribution in [0, 0.1) is 0 Å². The molecule has 1 heterocycles. The molecule has 3 aromatic rings. The molecule has 1 aromatic heterocycles. The maximum absolute atomic E-state index is 12.2. The fourth-order valence-corrected chi connectivity index (χ4v) is 2.35. The molecule has 0 bridgehead atoms. The third-order valence-corrected chi connectivity index (χ3v) is 3.84. The van der Waals surface area contributed by atoms with E-state index in [9.17, 15) is 20.1 Å². The molecule has 0 aliphatic heterocycles. The molecule has 0 radical (unpaired) electrons. The molecule has 130 valence electrons. The number of rotatable bonds is 5. The minimum Gasteiger partial charge on any atom is -0.504 e. The van der Waals surface area contributed by atoms with Gasteiger partial charge in [-0.05, 0) is 37.3 Å². The second kappa shape index (κ2) is 6.96. The van der Waals surface area contributed by atoms with Gasteiger partial charge in [-0.25, -0.2) is 0 Å². The second-order valence-corrected chi connectivity index (χ2v) is 5.77. The summed E-state index contributed by atoms with van der Waals surface area (Å²) in [7, 11) is 0. The van der Waals surface area contributed by atoms with Crippen molar-refractivity contribution < 1.29 is 24.5 Å². The van der Waals surface area contributed by atoms with Crippen molar-refractivity contribution in [3.63, 3.8) is 0 Å². The van der Waals surface area contributed by atoms with Crippen LogP contribution in [0.3, 0.4) is 0 Å². The Bertz CT molecular complexity index is 944. The molecule has 0 aliphatic rings. The van der Waals surface area contributed by atoms with Crippen molar-refractivity contribution >= 4 is 11.0 Å². The summed E-state index contributed by atoms with van der Waals surface area (Å²) in [5.41, 5.74) is 0.811. The van der Waals surface area contributed by atoms with E-state index in [1.807, 2.05) is 0 Å². The number of aliphatic hydroxyl groups is 2. The number of benzene rings is 2. The Labute approximate surface area is 143 Å². The normalized spacial score (nSPS) is 13.6. The van der Waals surface area contributed by atoms with Crippen molar-refractivity contribution in [3.05, 3.63) is 58.8 Å². The molecule has 3 rings (SSSR count). The Morgan fingerprint density at radius 3 is 2.60 bits per heavy atom. The zero-order valence-electron chi connectivity index (χ0n) is 13.5. The summed E-state index contributed by atoms with van der Waals surface area (Å²) in [6.45, 7) is 1.29. The van der Waals surface area contributed by atoms with Crippen LogP contribution in [-0.4, -0.2) is 34.1 Å². The number of phenols is 1. The first kappa shape index (κ1) is 17.0. The van der Waals surface area contributed by atoms with E-state index in [0.29, 0.717) is 22.3 Å². The van der Waals surface area contributed by atoms with Gasteiger partial charge < -0.3 is 24.5 Å². The number of para-hydroxylation sites is 1. The zero-order chi connectivity index (χ0) is 18.0. The van der Waals surface area contributed by atoms with Crippen molar-refractivity contribution in [2.45, 2.75) is 19.1 Å². The molecule has 0 amide bonds. The molecule has 0 saturated carbocycles. The topological polar surface area (TPSA) is 100 Å². The largest absolute Gasteiger partial charge is 0.504 e.